The van der Waals surface area contributed by atoms with Crippen LogP contribution in [0.3, 0.4) is 0 Å². The van der Waals surface area contributed by atoms with Gasteiger partial charge in [0.15, 0.2) is 0 Å². The quantitative estimate of drug-likeness (QED) is 0.690. The van der Waals surface area contributed by atoms with Gasteiger partial charge in [-0.3, -0.25) is 4.79 Å². The summed E-state index contributed by atoms with van der Waals surface area (Å²) in [4.78, 5) is 28.3. The molecule has 1 aromatic carbocycles. The Hall–Kier alpha value is -2.97. The summed E-state index contributed by atoms with van der Waals surface area (Å²) in [6, 6.07) is 10.1. The molecule has 2 N–H and O–H groups in total. The molecule has 1 aliphatic heterocycles. The molecule has 0 atom stereocenters. The van der Waals surface area contributed by atoms with E-state index in [1.807, 2.05) is 35.2 Å². The van der Waals surface area contributed by atoms with E-state index < -0.39 is 0 Å². The fourth-order valence-electron chi connectivity index (χ4n) is 4.50. The summed E-state index contributed by atoms with van der Waals surface area (Å²) in [5.41, 5.74) is 0.929. The smallest absolute Gasteiger partial charge is 0.315 e. The maximum atomic E-state index is 12.6. The van der Waals surface area contributed by atoms with Crippen molar-refractivity contribution in [3.8, 4) is 11.4 Å². The van der Waals surface area contributed by atoms with Gasteiger partial charge in [0.1, 0.15) is 0 Å². The third-order valence-corrected chi connectivity index (χ3v) is 6.36. The van der Waals surface area contributed by atoms with Crippen LogP contribution in [0.1, 0.15) is 57.8 Å². The lowest BCUT2D eigenvalue weighted by Crippen LogP contribution is -2.51. The van der Waals surface area contributed by atoms with E-state index in [2.05, 4.69) is 26.0 Å². The lowest BCUT2D eigenvalue weighted by molar-refractivity contribution is -0.132. The summed E-state index contributed by atoms with van der Waals surface area (Å²) in [5, 5.41) is 18.8. The minimum atomic E-state index is -0.0584. The lowest BCUT2D eigenvalue weighted by atomic mass is 9.96. The molecule has 2 aliphatic rings. The lowest BCUT2D eigenvalue weighted by Gasteiger charge is -2.33. The fraction of sp³-hybridized carbons (Fsp3) is 0.609. The molecule has 32 heavy (non-hydrogen) atoms. The van der Waals surface area contributed by atoms with E-state index >= 15 is 0 Å². The number of hydrogen-bond donors (Lipinski definition) is 2. The number of carbonyl (C=O) groups excluding carboxylic acids is 2. The normalized spacial score (nSPS) is 17.8. The minimum Gasteiger partial charge on any atom is -0.343 e. The Morgan fingerprint density at radius 2 is 1.62 bits per heavy atom. The highest BCUT2D eigenvalue weighted by molar-refractivity contribution is 5.76. The number of tetrazole rings is 1. The molecule has 0 radical (unpaired) electrons. The summed E-state index contributed by atoms with van der Waals surface area (Å²) < 4.78 is 0. The topological polar surface area (TPSA) is 105 Å². The van der Waals surface area contributed by atoms with E-state index in [4.69, 9.17) is 0 Å². The SMILES string of the molecule is O=C(NC1CCCCC1)NC1CCN(C(=O)CCCn2nnc(-c3ccccc3)n2)CC1. The van der Waals surface area contributed by atoms with Crippen LogP contribution in [0.4, 0.5) is 4.79 Å². The van der Waals surface area contributed by atoms with Gasteiger partial charge < -0.3 is 15.5 Å². The first-order valence-electron chi connectivity index (χ1n) is 11.9. The Kier molecular flexibility index (Phi) is 7.68. The maximum Gasteiger partial charge on any atom is 0.315 e. The first-order valence-corrected chi connectivity index (χ1v) is 11.9. The van der Waals surface area contributed by atoms with E-state index in [1.165, 1.54) is 19.3 Å². The van der Waals surface area contributed by atoms with Crippen molar-refractivity contribution in [1.82, 2.24) is 35.7 Å². The van der Waals surface area contributed by atoms with Crippen molar-refractivity contribution < 1.29 is 9.59 Å². The van der Waals surface area contributed by atoms with Gasteiger partial charge in [0, 0.05) is 37.2 Å². The zero-order chi connectivity index (χ0) is 22.2. The van der Waals surface area contributed by atoms with Gasteiger partial charge in [-0.15, -0.1) is 10.2 Å². The van der Waals surface area contributed by atoms with Crippen molar-refractivity contribution in [2.24, 2.45) is 0 Å². The molecule has 9 heteroatoms. The summed E-state index contributed by atoms with van der Waals surface area (Å²) >= 11 is 0. The molecule has 1 saturated carbocycles. The number of hydrogen-bond acceptors (Lipinski definition) is 5. The Bertz CT molecular complexity index is 871. The summed E-state index contributed by atoms with van der Waals surface area (Å²) in [7, 11) is 0. The molecule has 0 spiro atoms. The molecule has 1 aliphatic carbocycles. The van der Waals surface area contributed by atoms with Crippen molar-refractivity contribution in [2.75, 3.05) is 13.1 Å². The molecule has 3 amide bonds. The average molecular weight is 440 g/mol. The van der Waals surface area contributed by atoms with Crippen LogP contribution in [0.2, 0.25) is 0 Å². The highest BCUT2D eigenvalue weighted by Gasteiger charge is 2.24. The zero-order valence-corrected chi connectivity index (χ0v) is 18.6. The molecular formula is C23H33N7O2. The molecule has 0 bridgehead atoms. The average Bonchev–Trinajstić information content (AvgIpc) is 3.30. The number of nitrogens with zero attached hydrogens (tertiary/aromatic N) is 5. The number of likely N-dealkylation sites (tertiary alicyclic amines) is 1. The number of aromatic nitrogens is 4. The van der Waals surface area contributed by atoms with Gasteiger partial charge in [-0.1, -0.05) is 49.6 Å². The molecule has 4 rings (SSSR count). The predicted molar refractivity (Wildman–Crippen MR) is 121 cm³/mol. The van der Waals surface area contributed by atoms with Gasteiger partial charge in [-0.05, 0) is 37.3 Å². The van der Waals surface area contributed by atoms with Crippen LogP contribution in [-0.2, 0) is 11.3 Å². The van der Waals surface area contributed by atoms with Crippen LogP contribution < -0.4 is 10.6 Å². The van der Waals surface area contributed by atoms with Crippen molar-refractivity contribution in [1.29, 1.82) is 0 Å². The van der Waals surface area contributed by atoms with Gasteiger partial charge >= 0.3 is 6.03 Å². The first-order chi connectivity index (χ1) is 15.7. The number of benzene rings is 1. The third kappa shape index (κ3) is 6.27. The number of nitrogens with one attached hydrogen (secondary N) is 2. The van der Waals surface area contributed by atoms with Crippen LogP contribution in [0.15, 0.2) is 30.3 Å². The monoisotopic (exact) mass is 439 g/mol. The van der Waals surface area contributed by atoms with Crippen LogP contribution in [-0.4, -0.2) is 62.2 Å². The number of carbonyl (C=O) groups is 2. The Morgan fingerprint density at radius 3 is 2.34 bits per heavy atom. The summed E-state index contributed by atoms with van der Waals surface area (Å²) in [5.74, 6) is 0.748. The van der Waals surface area contributed by atoms with E-state index in [0.29, 0.717) is 44.3 Å². The van der Waals surface area contributed by atoms with Gasteiger partial charge in [-0.25, -0.2) is 4.79 Å². The van der Waals surface area contributed by atoms with Gasteiger partial charge in [0.25, 0.3) is 0 Å². The highest BCUT2D eigenvalue weighted by atomic mass is 16.2. The van der Waals surface area contributed by atoms with Crippen LogP contribution in [0, 0.1) is 0 Å². The Morgan fingerprint density at radius 1 is 0.938 bits per heavy atom. The molecule has 2 fully saturated rings. The van der Waals surface area contributed by atoms with Gasteiger partial charge in [-0.2, -0.15) is 4.80 Å². The number of amides is 3. The standard InChI is InChI=1S/C23H33N7O2/c31-21(12-7-15-30-27-22(26-28-30)18-8-3-1-4-9-18)29-16-13-20(14-17-29)25-23(32)24-19-10-5-2-6-11-19/h1,3-4,8-9,19-20H,2,5-7,10-17H2,(H2,24,25,32). The second-order valence-corrected chi connectivity index (χ2v) is 8.79. The number of urea groups is 1. The predicted octanol–water partition coefficient (Wildman–Crippen LogP) is 2.74. The van der Waals surface area contributed by atoms with Crippen LogP contribution >= 0.6 is 0 Å². The number of piperidine rings is 1. The number of aryl methyl sites for hydroxylation is 1. The molecule has 9 nitrogen and oxygen atoms in total. The van der Waals surface area contributed by atoms with E-state index in [0.717, 1.165) is 31.2 Å². The second kappa shape index (κ2) is 11.1. The largest absolute Gasteiger partial charge is 0.343 e. The third-order valence-electron chi connectivity index (χ3n) is 6.36. The molecule has 1 aromatic heterocycles. The van der Waals surface area contributed by atoms with Gasteiger partial charge in [0.05, 0.1) is 6.54 Å². The molecule has 172 valence electrons. The first kappa shape index (κ1) is 22.2. The van der Waals surface area contributed by atoms with E-state index in [-0.39, 0.29) is 18.0 Å². The van der Waals surface area contributed by atoms with Crippen molar-refractivity contribution >= 4 is 11.9 Å². The van der Waals surface area contributed by atoms with Gasteiger partial charge in [0.2, 0.25) is 11.7 Å². The minimum absolute atomic E-state index is 0.0584. The molecule has 2 heterocycles. The molecule has 0 unspecified atom stereocenters. The Balaban J connectivity index is 1.13. The molecule has 2 aromatic rings. The maximum absolute atomic E-state index is 12.6. The van der Waals surface area contributed by atoms with Crippen LogP contribution in [0.5, 0.6) is 0 Å². The highest BCUT2D eigenvalue weighted by Crippen LogP contribution is 2.18. The fourth-order valence-corrected chi connectivity index (χ4v) is 4.50. The van der Waals surface area contributed by atoms with E-state index in [1.54, 1.807) is 4.80 Å². The summed E-state index contributed by atoms with van der Waals surface area (Å²) in [6.07, 6.45) is 8.57. The zero-order valence-electron chi connectivity index (χ0n) is 18.6. The summed E-state index contributed by atoms with van der Waals surface area (Å²) in [6.45, 7) is 1.94. The van der Waals surface area contributed by atoms with Crippen molar-refractivity contribution in [2.45, 2.75) is 76.4 Å². The van der Waals surface area contributed by atoms with Crippen molar-refractivity contribution in [3.05, 3.63) is 30.3 Å². The second-order valence-electron chi connectivity index (χ2n) is 8.79. The molecule has 1 saturated heterocycles. The molecular weight excluding hydrogens is 406 g/mol. The van der Waals surface area contributed by atoms with E-state index in [9.17, 15) is 9.59 Å². The van der Waals surface area contributed by atoms with Crippen molar-refractivity contribution in [3.63, 3.8) is 0 Å². The Labute approximate surface area is 188 Å². The number of rotatable bonds is 7. The van der Waals surface area contributed by atoms with Crippen LogP contribution in [0.25, 0.3) is 11.4 Å².